The lowest BCUT2D eigenvalue weighted by Crippen LogP contribution is -2.50. The molecule has 2 aromatic carbocycles. The fourth-order valence-corrected chi connectivity index (χ4v) is 4.73. The molecule has 1 fully saturated rings. The fraction of sp³-hybridized carbons (Fsp3) is 0.316. The van der Waals surface area contributed by atoms with Gasteiger partial charge in [0.2, 0.25) is 15.9 Å². The van der Waals surface area contributed by atoms with E-state index in [0.29, 0.717) is 15.8 Å². The highest BCUT2D eigenvalue weighted by Gasteiger charge is 2.31. The summed E-state index contributed by atoms with van der Waals surface area (Å²) in [5, 5.41) is 0.779. The van der Waals surface area contributed by atoms with Gasteiger partial charge in [-0.2, -0.15) is 4.31 Å². The van der Waals surface area contributed by atoms with Crippen LogP contribution in [0.5, 0.6) is 5.75 Å². The molecule has 0 aromatic heterocycles. The average molecular weight is 461 g/mol. The van der Waals surface area contributed by atoms with E-state index in [1.807, 2.05) is 0 Å². The number of ether oxygens (including phenoxy) is 1. The zero-order valence-electron chi connectivity index (χ0n) is 15.4. The third-order valence-corrected chi connectivity index (χ3v) is 7.19. The van der Waals surface area contributed by atoms with Crippen LogP contribution in [0.25, 0.3) is 0 Å². The second-order valence-corrected chi connectivity index (χ2v) is 9.11. The summed E-state index contributed by atoms with van der Waals surface area (Å²) in [7, 11) is -3.93. The molecule has 10 heteroatoms. The van der Waals surface area contributed by atoms with Gasteiger partial charge in [-0.25, -0.2) is 12.8 Å². The lowest BCUT2D eigenvalue weighted by Gasteiger charge is -2.34. The van der Waals surface area contributed by atoms with Gasteiger partial charge in [-0.15, -0.1) is 0 Å². The van der Waals surface area contributed by atoms with E-state index in [4.69, 9.17) is 27.9 Å². The van der Waals surface area contributed by atoms with Crippen molar-refractivity contribution in [2.75, 3.05) is 32.8 Å². The molecule has 1 heterocycles. The summed E-state index contributed by atoms with van der Waals surface area (Å²) in [5.41, 5.74) is 0. The van der Waals surface area contributed by atoms with Crippen LogP contribution in [0, 0.1) is 5.82 Å². The third-order valence-electron chi connectivity index (χ3n) is 4.52. The summed E-state index contributed by atoms with van der Waals surface area (Å²) in [6.45, 7) is 0.842. The number of benzene rings is 2. The van der Waals surface area contributed by atoms with Crippen molar-refractivity contribution in [2.45, 2.75) is 11.3 Å². The minimum absolute atomic E-state index is 0.107. The molecule has 6 nitrogen and oxygen atoms in total. The molecular formula is C19H19Cl2FN2O4S. The van der Waals surface area contributed by atoms with Crippen molar-refractivity contribution in [1.29, 1.82) is 0 Å². The Labute approximate surface area is 178 Å². The molecule has 156 valence electrons. The Morgan fingerprint density at radius 2 is 1.72 bits per heavy atom. The first-order valence-corrected chi connectivity index (χ1v) is 11.1. The highest BCUT2D eigenvalue weighted by molar-refractivity contribution is 7.89. The number of carbonyl (C=O) groups excluding carboxylic acids is 1. The number of carbonyl (C=O) groups is 1. The molecule has 0 unspecified atom stereocenters. The van der Waals surface area contributed by atoms with Gasteiger partial charge in [0, 0.05) is 32.2 Å². The summed E-state index contributed by atoms with van der Waals surface area (Å²) in [6.07, 6.45) is 0.139. The van der Waals surface area contributed by atoms with E-state index in [2.05, 4.69) is 0 Å². The molecule has 0 N–H and O–H groups in total. The molecule has 0 radical (unpaired) electrons. The van der Waals surface area contributed by atoms with Crippen LogP contribution in [-0.2, 0) is 14.8 Å². The van der Waals surface area contributed by atoms with Crippen LogP contribution >= 0.6 is 23.2 Å². The first-order valence-electron chi connectivity index (χ1n) is 8.89. The standard InChI is InChI=1S/C19H19Cl2FN2O4S/c20-15-6-5-14(13-16(15)21)28-12-7-19(25)23-8-10-24(11-9-23)29(26,27)18-4-2-1-3-17(18)22/h1-6,13H,7-12H2. The maximum absolute atomic E-state index is 13.9. The van der Waals surface area contributed by atoms with Crippen LogP contribution in [0.2, 0.25) is 10.0 Å². The molecule has 29 heavy (non-hydrogen) atoms. The van der Waals surface area contributed by atoms with E-state index in [9.17, 15) is 17.6 Å². The number of rotatable bonds is 6. The molecule has 0 saturated carbocycles. The Kier molecular flexibility index (Phi) is 7.00. The van der Waals surface area contributed by atoms with Crippen molar-refractivity contribution in [3.8, 4) is 5.75 Å². The predicted octanol–water partition coefficient (Wildman–Crippen LogP) is 3.43. The summed E-state index contributed by atoms with van der Waals surface area (Å²) < 4.78 is 45.8. The molecule has 1 amide bonds. The third kappa shape index (κ3) is 5.19. The van der Waals surface area contributed by atoms with E-state index in [1.165, 1.54) is 22.5 Å². The summed E-state index contributed by atoms with van der Waals surface area (Å²) in [6, 6.07) is 10.1. The summed E-state index contributed by atoms with van der Waals surface area (Å²) in [5.74, 6) is -0.425. The number of amides is 1. The molecule has 0 aliphatic carbocycles. The Morgan fingerprint density at radius 3 is 2.38 bits per heavy atom. The molecule has 0 bridgehead atoms. The number of halogens is 3. The van der Waals surface area contributed by atoms with Crippen molar-refractivity contribution in [1.82, 2.24) is 9.21 Å². The summed E-state index contributed by atoms with van der Waals surface area (Å²) >= 11 is 11.8. The van der Waals surface area contributed by atoms with Crippen LogP contribution < -0.4 is 4.74 Å². The van der Waals surface area contributed by atoms with Crippen molar-refractivity contribution in [3.63, 3.8) is 0 Å². The van der Waals surface area contributed by atoms with Crippen LogP contribution in [0.3, 0.4) is 0 Å². The molecule has 3 rings (SSSR count). The second kappa shape index (κ2) is 9.30. The monoisotopic (exact) mass is 460 g/mol. The average Bonchev–Trinajstić information content (AvgIpc) is 2.71. The molecule has 1 aliphatic heterocycles. The van der Waals surface area contributed by atoms with Gasteiger partial charge in [0.05, 0.1) is 23.1 Å². The highest BCUT2D eigenvalue weighted by atomic mass is 35.5. The molecule has 0 spiro atoms. The van der Waals surface area contributed by atoms with Gasteiger partial charge in [-0.05, 0) is 24.3 Å². The largest absolute Gasteiger partial charge is 0.493 e. The van der Waals surface area contributed by atoms with Gasteiger partial charge in [0.25, 0.3) is 0 Å². The van der Waals surface area contributed by atoms with E-state index in [0.717, 1.165) is 6.07 Å². The van der Waals surface area contributed by atoms with Crippen molar-refractivity contribution in [3.05, 3.63) is 58.3 Å². The molecular weight excluding hydrogens is 442 g/mol. The lowest BCUT2D eigenvalue weighted by atomic mass is 10.3. The number of hydrogen-bond donors (Lipinski definition) is 0. The van der Waals surface area contributed by atoms with Gasteiger partial charge >= 0.3 is 0 Å². The van der Waals surface area contributed by atoms with Crippen LogP contribution in [-0.4, -0.2) is 56.3 Å². The smallest absolute Gasteiger partial charge is 0.246 e. The minimum Gasteiger partial charge on any atom is -0.493 e. The van der Waals surface area contributed by atoms with E-state index in [1.54, 1.807) is 23.1 Å². The van der Waals surface area contributed by atoms with Crippen molar-refractivity contribution >= 4 is 39.1 Å². The molecule has 1 aliphatic rings. The molecule has 2 aromatic rings. The predicted molar refractivity (Wildman–Crippen MR) is 108 cm³/mol. The number of sulfonamides is 1. The lowest BCUT2D eigenvalue weighted by molar-refractivity contribution is -0.132. The maximum atomic E-state index is 13.9. The highest BCUT2D eigenvalue weighted by Crippen LogP contribution is 2.26. The zero-order valence-corrected chi connectivity index (χ0v) is 17.7. The van der Waals surface area contributed by atoms with Gasteiger partial charge in [0.15, 0.2) is 0 Å². The number of piperazine rings is 1. The first kappa shape index (κ1) is 21.8. The Bertz CT molecular complexity index is 995. The van der Waals surface area contributed by atoms with Gasteiger partial charge in [0.1, 0.15) is 16.5 Å². The normalized spacial score (nSPS) is 15.3. The summed E-state index contributed by atoms with van der Waals surface area (Å²) in [4.78, 5) is 13.6. The van der Waals surface area contributed by atoms with Crippen LogP contribution in [0.1, 0.15) is 6.42 Å². The van der Waals surface area contributed by atoms with E-state index >= 15 is 0 Å². The number of hydrogen-bond acceptors (Lipinski definition) is 4. The van der Waals surface area contributed by atoms with E-state index < -0.39 is 15.8 Å². The quantitative estimate of drug-likeness (QED) is 0.661. The van der Waals surface area contributed by atoms with Gasteiger partial charge in [-0.3, -0.25) is 4.79 Å². The zero-order chi connectivity index (χ0) is 21.0. The van der Waals surface area contributed by atoms with Crippen LogP contribution in [0.4, 0.5) is 4.39 Å². The topological polar surface area (TPSA) is 66.9 Å². The van der Waals surface area contributed by atoms with Crippen molar-refractivity contribution in [2.24, 2.45) is 0 Å². The SMILES string of the molecule is O=C(CCOc1ccc(Cl)c(Cl)c1)N1CCN(S(=O)(=O)c2ccccc2F)CC1. The van der Waals surface area contributed by atoms with E-state index in [-0.39, 0.29) is 50.0 Å². The number of nitrogens with zero attached hydrogens (tertiary/aromatic N) is 2. The Hall–Kier alpha value is -1.87. The molecule has 0 atom stereocenters. The Morgan fingerprint density at radius 1 is 1.03 bits per heavy atom. The molecule has 1 saturated heterocycles. The Balaban J connectivity index is 1.50. The van der Waals surface area contributed by atoms with Gasteiger partial charge < -0.3 is 9.64 Å². The maximum Gasteiger partial charge on any atom is 0.246 e. The first-order chi connectivity index (χ1) is 13.8. The fourth-order valence-electron chi connectivity index (χ4n) is 2.95. The van der Waals surface area contributed by atoms with Crippen molar-refractivity contribution < 1.29 is 22.3 Å². The van der Waals surface area contributed by atoms with Gasteiger partial charge in [-0.1, -0.05) is 35.3 Å². The second-order valence-electron chi connectivity index (χ2n) is 6.39. The minimum atomic E-state index is -3.93. The van der Waals surface area contributed by atoms with Crippen LogP contribution in [0.15, 0.2) is 47.4 Å².